The summed E-state index contributed by atoms with van der Waals surface area (Å²) in [6, 6.07) is -0.911. The Morgan fingerprint density at radius 1 is 0.530 bits per heavy atom. The van der Waals surface area contributed by atoms with Crippen molar-refractivity contribution in [2.75, 3.05) is 40.9 Å². The molecule has 0 aliphatic heterocycles. The van der Waals surface area contributed by atoms with Gasteiger partial charge in [0.2, 0.25) is 5.91 Å². The Balaban J connectivity index is 4.43. The second-order valence-electron chi connectivity index (χ2n) is 18.9. The Hall–Kier alpha value is -2.58. The molecule has 0 heterocycles. The number of carbonyl (C=O) groups excluding carboxylic acids is 1. The van der Waals surface area contributed by atoms with E-state index < -0.39 is 20.0 Å². The van der Waals surface area contributed by atoms with E-state index in [4.69, 9.17) is 9.05 Å². The molecule has 0 aromatic carbocycles. The molecule has 0 aliphatic rings. The van der Waals surface area contributed by atoms with Gasteiger partial charge >= 0.3 is 7.82 Å². The molecule has 0 aromatic heterocycles. The Kier molecular flexibility index (Phi) is 45.6. The van der Waals surface area contributed by atoms with Crippen molar-refractivity contribution in [3.63, 3.8) is 0 Å². The summed E-state index contributed by atoms with van der Waals surface area (Å²) in [6.07, 6.45) is 68.1. The van der Waals surface area contributed by atoms with Crippen molar-refractivity contribution in [1.29, 1.82) is 0 Å². The van der Waals surface area contributed by atoms with Crippen molar-refractivity contribution in [1.82, 2.24) is 5.32 Å². The number of hydrogen-bond donors (Lipinski definition) is 3. The van der Waals surface area contributed by atoms with E-state index in [0.29, 0.717) is 17.4 Å². The second kappa shape index (κ2) is 47.5. The lowest BCUT2D eigenvalue weighted by molar-refractivity contribution is -0.870. The fourth-order valence-corrected chi connectivity index (χ4v) is 7.87. The summed E-state index contributed by atoms with van der Waals surface area (Å²) >= 11 is 0. The van der Waals surface area contributed by atoms with E-state index in [9.17, 15) is 19.4 Å². The summed E-state index contributed by atoms with van der Waals surface area (Å²) in [5.74, 6) is -0.271. The topological polar surface area (TPSA) is 105 Å². The van der Waals surface area contributed by atoms with Gasteiger partial charge in [-0.2, -0.15) is 0 Å². The van der Waals surface area contributed by atoms with Crippen LogP contribution in [0.4, 0.5) is 0 Å². The monoisotopic (exact) mass is 942 g/mol. The van der Waals surface area contributed by atoms with Crippen LogP contribution >= 0.6 is 7.82 Å². The summed E-state index contributed by atoms with van der Waals surface area (Å²) in [7, 11) is 1.50. The van der Waals surface area contributed by atoms with Crippen molar-refractivity contribution in [2.45, 2.75) is 219 Å². The minimum Gasteiger partial charge on any atom is -0.387 e. The fourth-order valence-electron chi connectivity index (χ4n) is 7.14. The number of likely N-dealkylation sites (N-methyl/N-ethyl adjacent to an activating group) is 1. The van der Waals surface area contributed by atoms with Crippen LogP contribution in [0.2, 0.25) is 0 Å². The van der Waals surface area contributed by atoms with Crippen molar-refractivity contribution < 1.29 is 32.9 Å². The number of phosphoric ester groups is 1. The molecule has 3 N–H and O–H groups in total. The summed E-state index contributed by atoms with van der Waals surface area (Å²) < 4.78 is 23.6. The molecule has 66 heavy (non-hydrogen) atoms. The van der Waals surface area contributed by atoms with Gasteiger partial charge in [-0.05, 0) is 70.6 Å². The minimum absolute atomic E-state index is 0.0375. The van der Waals surface area contributed by atoms with Crippen molar-refractivity contribution in [2.24, 2.45) is 0 Å². The third-order valence-electron chi connectivity index (χ3n) is 11.3. The molecule has 3 atom stereocenters. The third kappa shape index (κ3) is 49.3. The highest BCUT2D eigenvalue weighted by molar-refractivity contribution is 7.47. The van der Waals surface area contributed by atoms with E-state index in [1.165, 1.54) is 122 Å². The number of allylic oxidation sites excluding steroid dienone is 15. The zero-order valence-electron chi connectivity index (χ0n) is 43.1. The van der Waals surface area contributed by atoms with Crippen LogP contribution in [-0.2, 0) is 18.4 Å². The smallest absolute Gasteiger partial charge is 0.387 e. The molecule has 8 nitrogen and oxygen atoms in total. The van der Waals surface area contributed by atoms with Crippen LogP contribution < -0.4 is 5.32 Å². The Labute approximate surface area is 407 Å². The number of unbranched alkanes of at least 4 members (excludes halogenated alkanes) is 20. The van der Waals surface area contributed by atoms with E-state index in [-0.39, 0.29) is 25.5 Å². The summed E-state index contributed by atoms with van der Waals surface area (Å²) in [5.41, 5.74) is 0. The molecule has 0 aliphatic carbocycles. The Morgan fingerprint density at radius 2 is 0.924 bits per heavy atom. The highest BCUT2D eigenvalue weighted by atomic mass is 31.2. The van der Waals surface area contributed by atoms with Gasteiger partial charge in [0.15, 0.2) is 0 Å². The number of carbonyl (C=O) groups is 1. The summed E-state index contributed by atoms with van der Waals surface area (Å²) in [4.78, 5) is 23.2. The van der Waals surface area contributed by atoms with Crippen LogP contribution in [0.1, 0.15) is 206 Å². The quantitative estimate of drug-likeness (QED) is 0.0243. The molecule has 9 heteroatoms. The number of aliphatic hydroxyl groups excluding tert-OH is 1. The Bertz CT molecular complexity index is 1390. The van der Waals surface area contributed by atoms with E-state index in [2.05, 4.69) is 92.1 Å². The largest absolute Gasteiger partial charge is 0.472 e. The number of quaternary nitrogens is 1. The van der Waals surface area contributed by atoms with Crippen LogP contribution in [-0.4, -0.2) is 73.4 Å². The van der Waals surface area contributed by atoms with E-state index in [1.54, 1.807) is 6.08 Å². The standard InChI is InChI=1S/C57H101N2O6P/c1-6-8-10-12-14-16-18-20-22-24-26-27-28-29-30-31-33-34-36-38-40-42-44-46-48-50-56(60)55(54-65-66(62,63)64-53-52-59(3,4)5)58-57(61)51-49-47-45-43-41-39-37-35-32-25-23-21-19-17-15-13-11-9-7-2/h9,11,15,17,21,23,32,35,39-42,45,47-48,50,55-56,60H,6-8,10,12-14,16,18-20,22,24-31,33-34,36-38,43-44,46,49,51-54H2,1-5H3,(H-,58,61,62,63)/p+1/b11-9-,17-15-,23-21-,35-32-,41-39-,42-40+,47-45-,50-48+. The number of aliphatic hydroxyl groups is 1. The maximum Gasteiger partial charge on any atom is 0.472 e. The molecule has 380 valence electrons. The average Bonchev–Trinajstić information content (AvgIpc) is 3.28. The van der Waals surface area contributed by atoms with Gasteiger partial charge in [0.25, 0.3) is 0 Å². The normalized spacial score (nSPS) is 14.8. The van der Waals surface area contributed by atoms with Crippen molar-refractivity contribution >= 4 is 13.7 Å². The predicted octanol–water partition coefficient (Wildman–Crippen LogP) is 15.9. The molecule has 0 saturated heterocycles. The van der Waals surface area contributed by atoms with Crippen LogP contribution in [0.15, 0.2) is 97.2 Å². The third-order valence-corrected chi connectivity index (χ3v) is 12.3. The number of amides is 1. The van der Waals surface area contributed by atoms with E-state index >= 15 is 0 Å². The zero-order chi connectivity index (χ0) is 48.5. The number of hydrogen-bond acceptors (Lipinski definition) is 5. The first kappa shape index (κ1) is 63.4. The van der Waals surface area contributed by atoms with Crippen LogP contribution in [0.25, 0.3) is 0 Å². The number of nitrogens with one attached hydrogen (secondary N) is 1. The van der Waals surface area contributed by atoms with Gasteiger partial charge in [-0.1, -0.05) is 227 Å². The first-order valence-corrected chi connectivity index (χ1v) is 28.1. The minimum atomic E-state index is -4.38. The number of rotatable bonds is 47. The van der Waals surface area contributed by atoms with Gasteiger partial charge in [0.05, 0.1) is 39.9 Å². The fraction of sp³-hybridized carbons (Fsp3) is 0.702. The summed E-state index contributed by atoms with van der Waals surface area (Å²) in [5, 5.41) is 13.8. The van der Waals surface area contributed by atoms with Crippen molar-refractivity contribution in [3.05, 3.63) is 97.2 Å². The molecule has 0 saturated carbocycles. The van der Waals surface area contributed by atoms with Gasteiger partial charge < -0.3 is 19.8 Å². The van der Waals surface area contributed by atoms with Gasteiger partial charge in [-0.3, -0.25) is 13.8 Å². The molecular formula is C57H102N2O6P+. The predicted molar refractivity (Wildman–Crippen MR) is 286 cm³/mol. The molecule has 0 fully saturated rings. The molecule has 3 unspecified atom stereocenters. The molecule has 0 spiro atoms. The lowest BCUT2D eigenvalue weighted by Crippen LogP contribution is -2.45. The van der Waals surface area contributed by atoms with Gasteiger partial charge in [-0.25, -0.2) is 4.57 Å². The van der Waals surface area contributed by atoms with Gasteiger partial charge in [-0.15, -0.1) is 0 Å². The first-order valence-electron chi connectivity index (χ1n) is 26.6. The maximum absolute atomic E-state index is 12.9. The van der Waals surface area contributed by atoms with E-state index in [0.717, 1.165) is 57.8 Å². The van der Waals surface area contributed by atoms with Crippen LogP contribution in [0, 0.1) is 0 Å². The van der Waals surface area contributed by atoms with Gasteiger partial charge in [0.1, 0.15) is 13.2 Å². The summed E-state index contributed by atoms with van der Waals surface area (Å²) in [6.45, 7) is 4.62. The zero-order valence-corrected chi connectivity index (χ0v) is 44.0. The number of nitrogens with zero attached hydrogens (tertiary/aromatic N) is 1. The highest BCUT2D eigenvalue weighted by Crippen LogP contribution is 2.43. The molecule has 1 amide bonds. The van der Waals surface area contributed by atoms with E-state index in [1.807, 2.05) is 39.4 Å². The van der Waals surface area contributed by atoms with Crippen LogP contribution in [0.5, 0.6) is 0 Å². The van der Waals surface area contributed by atoms with Crippen molar-refractivity contribution in [3.8, 4) is 0 Å². The molecule has 0 bridgehead atoms. The molecule has 0 aromatic rings. The number of phosphoric acid groups is 1. The molecule has 0 radical (unpaired) electrons. The molecular weight excluding hydrogens is 840 g/mol. The average molecular weight is 942 g/mol. The second-order valence-corrected chi connectivity index (χ2v) is 20.3. The lowest BCUT2D eigenvalue weighted by Gasteiger charge is -2.25. The highest BCUT2D eigenvalue weighted by Gasteiger charge is 2.27. The van der Waals surface area contributed by atoms with Gasteiger partial charge in [0, 0.05) is 6.42 Å². The Morgan fingerprint density at radius 3 is 1.38 bits per heavy atom. The van der Waals surface area contributed by atoms with Crippen LogP contribution in [0.3, 0.4) is 0 Å². The SMILES string of the molecule is CC/C=C\C/C=C\C/C=C\C/C=C\C/C=C\C/C=C\CCC(=O)NC(COP(=O)(O)OCC[N+](C)(C)C)C(O)/C=C/CC/C=C/CCCCCCCCCCCCCCCCCCCCC. The maximum atomic E-state index is 12.9. The molecule has 0 rings (SSSR count). The first-order chi connectivity index (χ1) is 32.0. The lowest BCUT2D eigenvalue weighted by atomic mass is 10.0.